The zero-order valence-electron chi connectivity index (χ0n) is 12.2. The van der Waals surface area contributed by atoms with Gasteiger partial charge in [-0.1, -0.05) is 0 Å². The number of hydrogen-bond donors (Lipinski definition) is 2. The monoisotopic (exact) mass is 319 g/mol. The standard InChI is InChI=1S/C12H21N3O5S/c1-3-20-12(17)10-9-13-14-11(10)21(18,19)15(2)7-5-4-6-8-16/h9,16H,3-8H2,1-2H3,(H,13,14). The molecule has 0 radical (unpaired) electrons. The maximum atomic E-state index is 12.4. The number of rotatable bonds is 9. The Morgan fingerprint density at radius 3 is 2.76 bits per heavy atom. The van der Waals surface area contributed by atoms with Crippen molar-refractivity contribution in [1.29, 1.82) is 0 Å². The number of ether oxygens (including phenoxy) is 1. The minimum absolute atomic E-state index is 0.0873. The van der Waals surface area contributed by atoms with Crippen LogP contribution in [0.3, 0.4) is 0 Å². The van der Waals surface area contributed by atoms with Crippen LogP contribution < -0.4 is 0 Å². The Hall–Kier alpha value is -1.45. The smallest absolute Gasteiger partial charge is 0.342 e. The Morgan fingerprint density at radius 1 is 1.43 bits per heavy atom. The molecule has 2 N–H and O–H groups in total. The molecule has 0 saturated heterocycles. The maximum absolute atomic E-state index is 12.4. The topological polar surface area (TPSA) is 113 Å². The summed E-state index contributed by atoms with van der Waals surface area (Å²) in [5, 5.41) is 14.4. The van der Waals surface area contributed by atoms with Crippen LogP contribution in [0.2, 0.25) is 0 Å². The zero-order chi connectivity index (χ0) is 15.9. The van der Waals surface area contributed by atoms with Crippen molar-refractivity contribution < 1.29 is 23.1 Å². The summed E-state index contributed by atoms with van der Waals surface area (Å²) in [6, 6.07) is 0. The highest BCUT2D eigenvalue weighted by atomic mass is 32.2. The summed E-state index contributed by atoms with van der Waals surface area (Å²) < 4.78 is 30.7. The van der Waals surface area contributed by atoms with Crippen LogP contribution in [0.5, 0.6) is 0 Å². The highest BCUT2D eigenvalue weighted by molar-refractivity contribution is 7.89. The lowest BCUT2D eigenvalue weighted by atomic mass is 10.2. The van der Waals surface area contributed by atoms with E-state index >= 15 is 0 Å². The number of aromatic amines is 1. The molecule has 1 heterocycles. The van der Waals surface area contributed by atoms with Crippen molar-refractivity contribution in [3.05, 3.63) is 11.8 Å². The lowest BCUT2D eigenvalue weighted by molar-refractivity contribution is 0.0521. The molecule has 0 aliphatic heterocycles. The molecular formula is C12H21N3O5S. The molecule has 0 atom stereocenters. The Labute approximate surface area is 124 Å². The van der Waals surface area contributed by atoms with E-state index in [0.717, 1.165) is 16.9 Å². The number of aliphatic hydroxyl groups excluding tert-OH is 1. The van der Waals surface area contributed by atoms with Gasteiger partial charge in [0.15, 0.2) is 5.03 Å². The van der Waals surface area contributed by atoms with E-state index < -0.39 is 16.0 Å². The second-order valence-electron chi connectivity index (χ2n) is 4.44. The Bertz CT molecular complexity index is 555. The number of aromatic nitrogens is 2. The molecule has 1 aromatic rings. The average molecular weight is 319 g/mol. The summed E-state index contributed by atoms with van der Waals surface area (Å²) in [7, 11) is -2.39. The molecule has 0 fully saturated rings. The van der Waals surface area contributed by atoms with E-state index in [2.05, 4.69) is 10.2 Å². The van der Waals surface area contributed by atoms with E-state index in [1.54, 1.807) is 6.92 Å². The molecule has 120 valence electrons. The van der Waals surface area contributed by atoms with Gasteiger partial charge >= 0.3 is 5.97 Å². The molecule has 8 nitrogen and oxygen atoms in total. The summed E-state index contributed by atoms with van der Waals surface area (Å²) >= 11 is 0. The summed E-state index contributed by atoms with van der Waals surface area (Å²) in [5.41, 5.74) is -0.0981. The van der Waals surface area contributed by atoms with Crippen molar-refractivity contribution in [3.63, 3.8) is 0 Å². The van der Waals surface area contributed by atoms with Gasteiger partial charge in [-0.3, -0.25) is 5.10 Å². The first-order chi connectivity index (χ1) is 9.95. The highest BCUT2D eigenvalue weighted by Crippen LogP contribution is 2.18. The molecule has 1 aromatic heterocycles. The van der Waals surface area contributed by atoms with Crippen LogP contribution in [0.1, 0.15) is 36.5 Å². The van der Waals surface area contributed by atoms with Crippen LogP contribution >= 0.6 is 0 Å². The quantitative estimate of drug-likeness (QED) is 0.502. The Morgan fingerprint density at radius 2 is 2.14 bits per heavy atom. The van der Waals surface area contributed by atoms with E-state index in [0.29, 0.717) is 19.4 Å². The van der Waals surface area contributed by atoms with Crippen molar-refractivity contribution in [1.82, 2.24) is 14.5 Å². The highest BCUT2D eigenvalue weighted by Gasteiger charge is 2.29. The molecule has 0 aliphatic carbocycles. The van der Waals surface area contributed by atoms with Crippen molar-refractivity contribution >= 4 is 16.0 Å². The lowest BCUT2D eigenvalue weighted by Crippen LogP contribution is -2.29. The zero-order valence-corrected chi connectivity index (χ0v) is 13.0. The second kappa shape index (κ2) is 8.11. The number of sulfonamides is 1. The van der Waals surface area contributed by atoms with Crippen LogP contribution in [-0.4, -0.2) is 60.8 Å². The number of hydrogen-bond acceptors (Lipinski definition) is 6. The number of carbonyl (C=O) groups excluding carboxylic acids is 1. The minimum Gasteiger partial charge on any atom is -0.462 e. The predicted molar refractivity (Wildman–Crippen MR) is 75.3 cm³/mol. The van der Waals surface area contributed by atoms with Crippen LogP contribution in [0, 0.1) is 0 Å². The molecule has 0 aliphatic rings. The van der Waals surface area contributed by atoms with Crippen molar-refractivity contribution in [2.75, 3.05) is 26.8 Å². The van der Waals surface area contributed by atoms with Gasteiger partial charge in [0, 0.05) is 20.2 Å². The van der Waals surface area contributed by atoms with Crippen molar-refractivity contribution in [3.8, 4) is 0 Å². The molecule has 0 spiro atoms. The van der Waals surface area contributed by atoms with Gasteiger partial charge < -0.3 is 9.84 Å². The average Bonchev–Trinajstić information content (AvgIpc) is 2.93. The second-order valence-corrected chi connectivity index (χ2v) is 6.43. The number of esters is 1. The fraction of sp³-hybridized carbons (Fsp3) is 0.667. The first-order valence-electron chi connectivity index (χ1n) is 6.72. The first kappa shape index (κ1) is 17.6. The molecule has 9 heteroatoms. The molecule has 0 amide bonds. The van der Waals surface area contributed by atoms with Gasteiger partial charge in [-0.2, -0.15) is 9.40 Å². The van der Waals surface area contributed by atoms with E-state index in [1.807, 2.05) is 0 Å². The Kier molecular flexibility index (Phi) is 6.79. The third-order valence-electron chi connectivity index (χ3n) is 2.90. The molecule has 1 rings (SSSR count). The fourth-order valence-corrected chi connectivity index (χ4v) is 2.99. The van der Waals surface area contributed by atoms with Crippen LogP contribution in [-0.2, 0) is 14.8 Å². The van der Waals surface area contributed by atoms with Crippen LogP contribution in [0.25, 0.3) is 0 Å². The maximum Gasteiger partial charge on any atom is 0.342 e. The number of nitrogens with zero attached hydrogens (tertiary/aromatic N) is 2. The SMILES string of the molecule is CCOC(=O)c1cn[nH]c1S(=O)(=O)N(C)CCCCCO. The lowest BCUT2D eigenvalue weighted by Gasteiger charge is -2.16. The third kappa shape index (κ3) is 4.51. The van der Waals surface area contributed by atoms with Gasteiger partial charge in [0.1, 0.15) is 5.56 Å². The minimum atomic E-state index is -3.82. The molecular weight excluding hydrogens is 298 g/mol. The van der Waals surface area contributed by atoms with Crippen LogP contribution in [0.15, 0.2) is 11.2 Å². The molecule has 0 bridgehead atoms. The van der Waals surface area contributed by atoms with Crippen molar-refractivity contribution in [2.45, 2.75) is 31.2 Å². The van der Waals surface area contributed by atoms with Gasteiger partial charge in [0.05, 0.1) is 12.8 Å². The number of nitrogens with one attached hydrogen (secondary N) is 1. The fourth-order valence-electron chi connectivity index (χ4n) is 1.72. The van der Waals surface area contributed by atoms with Gasteiger partial charge in [0.2, 0.25) is 0 Å². The first-order valence-corrected chi connectivity index (χ1v) is 8.16. The number of carbonyl (C=O) groups is 1. The molecule has 0 unspecified atom stereocenters. The van der Waals surface area contributed by atoms with E-state index in [9.17, 15) is 13.2 Å². The normalized spacial score (nSPS) is 11.8. The molecule has 21 heavy (non-hydrogen) atoms. The third-order valence-corrected chi connectivity index (χ3v) is 4.73. The van der Waals surface area contributed by atoms with E-state index in [-0.39, 0.29) is 23.8 Å². The van der Waals surface area contributed by atoms with Crippen molar-refractivity contribution in [2.24, 2.45) is 0 Å². The van der Waals surface area contributed by atoms with E-state index in [1.165, 1.54) is 7.05 Å². The van der Waals surface area contributed by atoms with E-state index in [4.69, 9.17) is 9.84 Å². The van der Waals surface area contributed by atoms with Gasteiger partial charge in [0.25, 0.3) is 10.0 Å². The summed E-state index contributed by atoms with van der Waals surface area (Å²) in [6.07, 6.45) is 3.12. The summed E-state index contributed by atoms with van der Waals surface area (Å²) in [5.74, 6) is -0.724. The predicted octanol–water partition coefficient (Wildman–Crippen LogP) is 0.369. The number of unbranched alkanes of at least 4 members (excludes halogenated alkanes) is 2. The Balaban J connectivity index is 2.83. The van der Waals surface area contributed by atoms with Gasteiger partial charge in [-0.05, 0) is 26.2 Å². The van der Waals surface area contributed by atoms with Gasteiger partial charge in [-0.25, -0.2) is 13.2 Å². The molecule has 0 aromatic carbocycles. The number of aliphatic hydroxyl groups is 1. The largest absolute Gasteiger partial charge is 0.462 e. The summed E-state index contributed by atoms with van der Waals surface area (Å²) in [4.78, 5) is 11.7. The summed E-state index contributed by atoms with van der Waals surface area (Å²) in [6.45, 7) is 2.17. The van der Waals surface area contributed by atoms with Crippen LogP contribution in [0.4, 0.5) is 0 Å². The molecule has 0 saturated carbocycles. The van der Waals surface area contributed by atoms with Gasteiger partial charge in [-0.15, -0.1) is 0 Å². The number of H-pyrrole nitrogens is 1.